The molecule has 5 aromatic rings. The number of esters is 1. The minimum Gasteiger partial charge on any atom is -0.508 e. The van der Waals surface area contributed by atoms with Crippen molar-refractivity contribution in [3.63, 3.8) is 0 Å². The van der Waals surface area contributed by atoms with Crippen molar-refractivity contribution in [1.82, 2.24) is 40.0 Å². The summed E-state index contributed by atoms with van der Waals surface area (Å²) in [7, 11) is 4.80. The van der Waals surface area contributed by atoms with Crippen LogP contribution in [0.2, 0.25) is 0 Å². The molecule has 1 unspecified atom stereocenters. The van der Waals surface area contributed by atoms with E-state index in [4.69, 9.17) is 9.47 Å². The fourth-order valence-corrected chi connectivity index (χ4v) is 10.3. The molecule has 3 aromatic carbocycles. The highest BCUT2D eigenvalue weighted by atomic mass is 16.5. The van der Waals surface area contributed by atoms with Crippen molar-refractivity contribution in [1.29, 1.82) is 0 Å². The molecule has 376 valence electrons. The van der Waals surface area contributed by atoms with Gasteiger partial charge in [-0.3, -0.25) is 38.9 Å². The second kappa shape index (κ2) is 21.4. The highest BCUT2D eigenvalue weighted by molar-refractivity contribution is 5.96. The number of aryl methyl sites for hydroxylation is 1. The molecule has 3 aliphatic rings. The largest absolute Gasteiger partial charge is 0.508 e. The van der Waals surface area contributed by atoms with Gasteiger partial charge in [0.2, 0.25) is 17.7 Å². The Kier molecular flexibility index (Phi) is 15.3. The maximum Gasteiger partial charge on any atom is 0.324 e. The van der Waals surface area contributed by atoms with Crippen LogP contribution < -0.4 is 10.7 Å². The Morgan fingerprint density at radius 3 is 2.54 bits per heavy atom. The van der Waals surface area contributed by atoms with E-state index in [-0.39, 0.29) is 49.7 Å². The van der Waals surface area contributed by atoms with Crippen LogP contribution in [0.1, 0.15) is 69.7 Å². The van der Waals surface area contributed by atoms with Crippen molar-refractivity contribution in [2.24, 2.45) is 11.3 Å². The predicted octanol–water partition coefficient (Wildman–Crippen LogP) is 5.72. The van der Waals surface area contributed by atoms with E-state index in [1.54, 1.807) is 32.5 Å². The molecule has 0 aliphatic carbocycles. The number of hydrogen-bond acceptors (Lipinski definition) is 11. The van der Waals surface area contributed by atoms with Gasteiger partial charge in [-0.1, -0.05) is 70.2 Å². The van der Waals surface area contributed by atoms with Gasteiger partial charge in [0.25, 0.3) is 5.91 Å². The SMILES string of the molecule is CCn1c(-c2cnccc2COC)c2c3cc(ccc31)-c1cc(O)cc(c1)C[C@H](NC(=O)[C@H](C(C)C)N(C)C(=O)CN(C)C(=O)[C@@H]1CN1Cc1ccccc1)C(=O)N1CCC[C@H](N1)C(=O)OCC(C)(C)C2. The Morgan fingerprint density at radius 2 is 1.80 bits per heavy atom. The number of hydrogen-bond donors (Lipinski definition) is 3. The third-order valence-electron chi connectivity index (χ3n) is 14.0. The lowest BCUT2D eigenvalue weighted by molar-refractivity contribution is -0.155. The normalized spacial score (nSPS) is 20.5. The van der Waals surface area contributed by atoms with Crippen LogP contribution in [0.5, 0.6) is 5.75 Å². The highest BCUT2D eigenvalue weighted by Gasteiger charge is 2.43. The second-order valence-corrected chi connectivity index (χ2v) is 20.5. The van der Waals surface area contributed by atoms with E-state index in [0.717, 1.165) is 44.4 Å². The number of phenols is 1. The number of ether oxygens (including phenoxy) is 2. The number of benzene rings is 3. The van der Waals surface area contributed by atoms with E-state index in [1.807, 2.05) is 73.5 Å². The van der Waals surface area contributed by atoms with Crippen LogP contribution in [0, 0.1) is 11.3 Å². The standard InChI is InChI=1S/C55H68N8O8/c1-9-62-46-18-17-37-26-41(46)42(50(62)43-28-56-20-19-38(43)32-70-8)27-55(4,5)33-71-54(69)44-16-13-21-63(58-44)52(67)45(24-36-22-39(37)25-40(64)23-36)57-51(66)49(34(2)3)60(7)48(65)31-59(6)53(68)47-30-61(47)29-35-14-11-10-12-15-35/h10-12,14-15,17-20,22-23,25-26,28,34,44-45,47,49,58,64H,9,13,16,21,24,27,29-33H2,1-8H3,(H,57,66)/t44-,45-,47-,49-,61?/m0/s1. The van der Waals surface area contributed by atoms with E-state index in [2.05, 4.69) is 53.2 Å². The zero-order chi connectivity index (χ0) is 50.7. The summed E-state index contributed by atoms with van der Waals surface area (Å²) in [5, 5.41) is 16.7. The summed E-state index contributed by atoms with van der Waals surface area (Å²) < 4.78 is 14.0. The molecule has 71 heavy (non-hydrogen) atoms. The first-order chi connectivity index (χ1) is 34.0. The number of aromatic hydroxyl groups is 1. The van der Waals surface area contributed by atoms with Crippen LogP contribution in [0.25, 0.3) is 33.3 Å². The van der Waals surface area contributed by atoms with Gasteiger partial charge in [-0.15, -0.1) is 0 Å². The van der Waals surface area contributed by atoms with Gasteiger partial charge in [-0.2, -0.15) is 0 Å². The van der Waals surface area contributed by atoms with E-state index < -0.39 is 47.2 Å². The average molecular weight is 969 g/mol. The first-order valence-corrected chi connectivity index (χ1v) is 24.7. The van der Waals surface area contributed by atoms with Crippen molar-refractivity contribution >= 4 is 40.5 Å². The number of carbonyl (C=O) groups excluding carboxylic acids is 5. The van der Waals surface area contributed by atoms with Gasteiger partial charge in [-0.25, -0.2) is 5.43 Å². The number of carbonyl (C=O) groups is 5. The molecule has 0 saturated carbocycles. The molecule has 2 aromatic heterocycles. The number of aromatic nitrogens is 2. The highest BCUT2D eigenvalue weighted by Crippen LogP contribution is 2.41. The number of fused-ring (bicyclic) bond motifs is 6. The Hall–Kier alpha value is -6.62. The number of likely N-dealkylation sites (N-methyl/N-ethyl adjacent to an activating group) is 2. The number of methoxy groups -OCH3 is 1. The fraction of sp³-hybridized carbons (Fsp3) is 0.455. The molecule has 16 heteroatoms. The third kappa shape index (κ3) is 11.3. The zero-order valence-corrected chi connectivity index (χ0v) is 42.2. The van der Waals surface area contributed by atoms with Gasteiger partial charge in [0.1, 0.15) is 29.9 Å². The first kappa shape index (κ1) is 50.8. The predicted molar refractivity (Wildman–Crippen MR) is 270 cm³/mol. The number of hydrazine groups is 1. The van der Waals surface area contributed by atoms with E-state index in [1.165, 1.54) is 21.9 Å². The molecule has 4 amide bonds. The van der Waals surface area contributed by atoms with E-state index >= 15 is 0 Å². The minimum atomic E-state index is -1.19. The second-order valence-electron chi connectivity index (χ2n) is 20.5. The third-order valence-corrected chi connectivity index (χ3v) is 14.0. The quantitative estimate of drug-likeness (QED) is 0.0972. The number of amides is 4. The Labute approximate surface area is 416 Å². The Bertz CT molecular complexity index is 2790. The summed E-state index contributed by atoms with van der Waals surface area (Å²) in [5.41, 5.74) is 10.8. The van der Waals surface area contributed by atoms with Gasteiger partial charge in [0, 0.05) is 88.1 Å². The van der Waals surface area contributed by atoms with Crippen molar-refractivity contribution in [3.8, 4) is 28.1 Å². The van der Waals surface area contributed by atoms with Crippen LogP contribution in [0.4, 0.5) is 0 Å². The van der Waals surface area contributed by atoms with E-state index in [0.29, 0.717) is 56.6 Å². The summed E-state index contributed by atoms with van der Waals surface area (Å²) in [6.07, 6.45) is 5.08. The lowest BCUT2D eigenvalue weighted by Gasteiger charge is -2.37. The lowest BCUT2D eigenvalue weighted by Crippen LogP contribution is -2.62. The van der Waals surface area contributed by atoms with Crippen molar-refractivity contribution < 1.29 is 38.6 Å². The summed E-state index contributed by atoms with van der Waals surface area (Å²) >= 11 is 0. The molecule has 3 aliphatic heterocycles. The van der Waals surface area contributed by atoms with Crippen molar-refractivity contribution in [2.75, 3.05) is 47.4 Å². The van der Waals surface area contributed by atoms with Crippen molar-refractivity contribution in [2.45, 2.75) is 104 Å². The number of nitrogens with one attached hydrogen (secondary N) is 2. The molecule has 2 fully saturated rings. The summed E-state index contributed by atoms with van der Waals surface area (Å²) in [5.74, 6) is -2.55. The van der Waals surface area contributed by atoms with Gasteiger partial charge < -0.3 is 34.3 Å². The van der Waals surface area contributed by atoms with Gasteiger partial charge >= 0.3 is 5.97 Å². The molecule has 3 N–H and O–H groups in total. The molecule has 2 saturated heterocycles. The monoisotopic (exact) mass is 969 g/mol. The first-order valence-electron chi connectivity index (χ1n) is 24.7. The molecule has 5 heterocycles. The molecule has 0 spiro atoms. The van der Waals surface area contributed by atoms with E-state index in [9.17, 15) is 29.1 Å². The summed E-state index contributed by atoms with van der Waals surface area (Å²) in [6, 6.07) is 19.9. The van der Waals surface area contributed by atoms with Crippen LogP contribution in [-0.4, -0.2) is 136 Å². The maximum atomic E-state index is 14.8. The molecule has 8 rings (SSSR count). The zero-order valence-electron chi connectivity index (χ0n) is 42.2. The average Bonchev–Trinajstić information content (AvgIpc) is 4.05. The molecule has 16 nitrogen and oxygen atoms in total. The minimum absolute atomic E-state index is 0.0189. The number of pyridine rings is 1. The number of nitrogens with zero attached hydrogens (tertiary/aromatic N) is 6. The smallest absolute Gasteiger partial charge is 0.324 e. The Balaban J connectivity index is 1.11. The topological polar surface area (TPSA) is 179 Å². The summed E-state index contributed by atoms with van der Waals surface area (Å²) in [4.78, 5) is 80.0. The van der Waals surface area contributed by atoms with Gasteiger partial charge in [0.15, 0.2) is 0 Å². The lowest BCUT2D eigenvalue weighted by atomic mass is 9.84. The van der Waals surface area contributed by atoms with Gasteiger partial charge in [0.05, 0.1) is 25.5 Å². The maximum absolute atomic E-state index is 14.8. The van der Waals surface area contributed by atoms with Crippen LogP contribution in [0.15, 0.2) is 85.2 Å². The summed E-state index contributed by atoms with van der Waals surface area (Å²) in [6.45, 7) is 12.3. The number of phenolic OH excluding ortho intramolecular Hbond substituents is 1. The molecular formula is C55H68N8O8. The van der Waals surface area contributed by atoms with Crippen molar-refractivity contribution in [3.05, 3.63) is 107 Å². The molecular weight excluding hydrogens is 901 g/mol. The molecule has 6 bridgehead atoms. The molecule has 5 atom stereocenters. The van der Waals surface area contributed by atoms with Crippen LogP contribution in [-0.2, 0) is 66.0 Å². The Morgan fingerprint density at radius 1 is 1.03 bits per heavy atom. The number of rotatable bonds is 13. The van der Waals surface area contributed by atoms with Crippen LogP contribution in [0.3, 0.4) is 0 Å². The van der Waals surface area contributed by atoms with Gasteiger partial charge in [-0.05, 0) is 95.8 Å². The number of cyclic esters (lactones) is 1. The fourth-order valence-electron chi connectivity index (χ4n) is 10.3. The molecule has 0 radical (unpaired) electrons. The van der Waals surface area contributed by atoms with Crippen LogP contribution >= 0.6 is 0 Å².